The van der Waals surface area contributed by atoms with E-state index in [1.807, 2.05) is 42.5 Å². The van der Waals surface area contributed by atoms with Crippen LogP contribution in [0.2, 0.25) is 0 Å². The van der Waals surface area contributed by atoms with E-state index in [0.717, 1.165) is 28.3 Å². The number of esters is 1. The first-order chi connectivity index (χ1) is 12.5. The van der Waals surface area contributed by atoms with Crippen LogP contribution in [0.15, 0.2) is 24.5 Å². The molecule has 2 aromatic rings. The third-order valence-electron chi connectivity index (χ3n) is 4.93. The standard InChI is InChI=1S/C19H23N3O3S/c1-12-16(17(19(24)25-4)13(2)21(12)3)18-22(15(23)7-9-26-18)11-14-6-5-8-20-10-14/h5-6,8,10,18H,7,9,11H2,1-4H3. The first-order valence-electron chi connectivity index (χ1n) is 8.49. The number of amides is 1. The molecule has 0 aliphatic carbocycles. The Hall–Kier alpha value is -2.28. The van der Waals surface area contributed by atoms with Gasteiger partial charge in [0.2, 0.25) is 5.91 Å². The van der Waals surface area contributed by atoms with Crippen LogP contribution in [0.25, 0.3) is 0 Å². The third-order valence-corrected chi connectivity index (χ3v) is 6.18. The molecule has 0 bridgehead atoms. The summed E-state index contributed by atoms with van der Waals surface area (Å²) >= 11 is 1.69. The Labute approximate surface area is 157 Å². The minimum Gasteiger partial charge on any atom is -0.465 e. The summed E-state index contributed by atoms with van der Waals surface area (Å²) in [4.78, 5) is 31.1. The van der Waals surface area contributed by atoms with Gasteiger partial charge >= 0.3 is 5.97 Å². The number of rotatable bonds is 4. The number of aromatic nitrogens is 2. The zero-order chi connectivity index (χ0) is 18.8. The Morgan fingerprint density at radius 1 is 1.38 bits per heavy atom. The summed E-state index contributed by atoms with van der Waals surface area (Å²) in [5.41, 5.74) is 4.24. The molecule has 0 radical (unpaired) electrons. The Bertz CT molecular complexity index is 832. The minimum atomic E-state index is -0.360. The fourth-order valence-corrected chi connectivity index (χ4v) is 4.70. The molecule has 0 aromatic carbocycles. The molecule has 1 saturated heterocycles. The van der Waals surface area contributed by atoms with Crippen LogP contribution in [0, 0.1) is 13.8 Å². The molecule has 1 fully saturated rings. The maximum Gasteiger partial charge on any atom is 0.340 e. The molecule has 1 atom stereocenters. The van der Waals surface area contributed by atoms with Crippen LogP contribution in [-0.2, 0) is 23.1 Å². The smallest absolute Gasteiger partial charge is 0.340 e. The summed E-state index contributed by atoms with van der Waals surface area (Å²) in [6.45, 7) is 4.36. The Balaban J connectivity index is 2.07. The molecule has 1 amide bonds. The Kier molecular flexibility index (Phi) is 5.36. The predicted octanol–water partition coefficient (Wildman–Crippen LogP) is 2.99. The van der Waals surface area contributed by atoms with Gasteiger partial charge in [0.15, 0.2) is 0 Å². The number of hydrogen-bond acceptors (Lipinski definition) is 5. The number of methoxy groups -OCH3 is 1. The average Bonchev–Trinajstić information content (AvgIpc) is 2.87. The van der Waals surface area contributed by atoms with Crippen molar-refractivity contribution < 1.29 is 14.3 Å². The topological polar surface area (TPSA) is 64.4 Å². The van der Waals surface area contributed by atoms with Crippen molar-refractivity contribution in [2.24, 2.45) is 7.05 Å². The van der Waals surface area contributed by atoms with E-state index in [1.165, 1.54) is 7.11 Å². The zero-order valence-electron chi connectivity index (χ0n) is 15.5. The Morgan fingerprint density at radius 3 is 2.81 bits per heavy atom. The van der Waals surface area contributed by atoms with Gasteiger partial charge in [-0.15, -0.1) is 11.8 Å². The minimum absolute atomic E-state index is 0.0920. The number of carbonyl (C=O) groups is 2. The molecule has 0 saturated carbocycles. The van der Waals surface area contributed by atoms with E-state index in [2.05, 4.69) is 4.98 Å². The average molecular weight is 373 g/mol. The van der Waals surface area contributed by atoms with Crippen molar-refractivity contribution in [3.63, 3.8) is 0 Å². The molecule has 3 rings (SSSR count). The number of ether oxygens (including phenoxy) is 1. The number of nitrogens with zero attached hydrogens (tertiary/aromatic N) is 3. The second-order valence-corrected chi connectivity index (χ2v) is 7.55. The SMILES string of the molecule is COC(=O)c1c(C2SCCC(=O)N2Cc2cccnc2)c(C)n(C)c1C. The van der Waals surface area contributed by atoms with Crippen LogP contribution in [0.1, 0.15) is 44.7 Å². The van der Waals surface area contributed by atoms with E-state index in [1.54, 1.807) is 24.2 Å². The van der Waals surface area contributed by atoms with Crippen LogP contribution in [0.4, 0.5) is 0 Å². The molecular weight excluding hydrogens is 350 g/mol. The number of carbonyl (C=O) groups excluding carboxylic acids is 2. The molecule has 7 heteroatoms. The zero-order valence-corrected chi connectivity index (χ0v) is 16.3. The lowest BCUT2D eigenvalue weighted by molar-refractivity contribution is -0.132. The second kappa shape index (κ2) is 7.53. The lowest BCUT2D eigenvalue weighted by Gasteiger charge is -2.36. The van der Waals surface area contributed by atoms with E-state index in [9.17, 15) is 9.59 Å². The molecule has 2 aromatic heterocycles. The number of pyridine rings is 1. The third kappa shape index (κ3) is 3.23. The van der Waals surface area contributed by atoms with Crippen molar-refractivity contribution in [1.82, 2.24) is 14.5 Å². The second-order valence-electron chi connectivity index (χ2n) is 6.37. The molecule has 0 N–H and O–H groups in total. The highest BCUT2D eigenvalue weighted by molar-refractivity contribution is 7.99. The molecule has 6 nitrogen and oxygen atoms in total. The monoisotopic (exact) mass is 373 g/mol. The first-order valence-corrected chi connectivity index (χ1v) is 9.54. The lowest BCUT2D eigenvalue weighted by Crippen LogP contribution is -2.37. The number of hydrogen-bond donors (Lipinski definition) is 0. The summed E-state index contributed by atoms with van der Waals surface area (Å²) in [7, 11) is 3.32. The van der Waals surface area contributed by atoms with E-state index < -0.39 is 0 Å². The van der Waals surface area contributed by atoms with Gasteiger partial charge in [-0.1, -0.05) is 6.07 Å². The van der Waals surface area contributed by atoms with Crippen molar-refractivity contribution in [2.45, 2.75) is 32.2 Å². The van der Waals surface area contributed by atoms with Gasteiger partial charge < -0.3 is 14.2 Å². The van der Waals surface area contributed by atoms with Crippen LogP contribution in [-0.4, -0.2) is 39.2 Å². The molecular formula is C19H23N3O3S. The highest BCUT2D eigenvalue weighted by atomic mass is 32.2. The Morgan fingerprint density at radius 2 is 2.15 bits per heavy atom. The first kappa shape index (κ1) is 18.5. The van der Waals surface area contributed by atoms with E-state index in [-0.39, 0.29) is 17.3 Å². The van der Waals surface area contributed by atoms with Crippen LogP contribution < -0.4 is 0 Å². The fourth-order valence-electron chi connectivity index (χ4n) is 3.36. The molecule has 26 heavy (non-hydrogen) atoms. The van der Waals surface area contributed by atoms with Gasteiger partial charge in [0.1, 0.15) is 5.37 Å². The van der Waals surface area contributed by atoms with Crippen molar-refractivity contribution in [3.05, 3.63) is 52.6 Å². The summed E-state index contributed by atoms with van der Waals surface area (Å²) < 4.78 is 7.01. The fraction of sp³-hybridized carbons (Fsp3) is 0.421. The molecule has 1 aliphatic rings. The quantitative estimate of drug-likeness (QED) is 0.771. The highest BCUT2D eigenvalue weighted by Gasteiger charge is 2.36. The van der Waals surface area contributed by atoms with Gasteiger partial charge in [-0.3, -0.25) is 9.78 Å². The lowest BCUT2D eigenvalue weighted by atomic mass is 10.1. The van der Waals surface area contributed by atoms with Crippen LogP contribution in [0.3, 0.4) is 0 Å². The van der Waals surface area contributed by atoms with Gasteiger partial charge in [0, 0.05) is 55.1 Å². The van der Waals surface area contributed by atoms with Gasteiger partial charge in [0.25, 0.3) is 0 Å². The normalized spacial score (nSPS) is 17.5. The van der Waals surface area contributed by atoms with Gasteiger partial charge in [-0.2, -0.15) is 0 Å². The van der Waals surface area contributed by atoms with E-state index in [0.29, 0.717) is 18.5 Å². The highest BCUT2D eigenvalue weighted by Crippen LogP contribution is 2.42. The molecule has 3 heterocycles. The maximum absolute atomic E-state index is 12.7. The summed E-state index contributed by atoms with van der Waals surface area (Å²) in [6.07, 6.45) is 3.99. The molecule has 138 valence electrons. The molecule has 1 aliphatic heterocycles. The van der Waals surface area contributed by atoms with Gasteiger partial charge in [0.05, 0.1) is 12.7 Å². The van der Waals surface area contributed by atoms with Crippen LogP contribution in [0.5, 0.6) is 0 Å². The summed E-state index contributed by atoms with van der Waals surface area (Å²) in [5, 5.41) is -0.217. The van der Waals surface area contributed by atoms with Gasteiger partial charge in [-0.25, -0.2) is 4.79 Å². The molecule has 1 unspecified atom stereocenters. The number of thioether (sulfide) groups is 1. The van der Waals surface area contributed by atoms with Gasteiger partial charge in [-0.05, 0) is 25.5 Å². The maximum atomic E-state index is 12.7. The van der Waals surface area contributed by atoms with Crippen molar-refractivity contribution in [2.75, 3.05) is 12.9 Å². The summed E-state index contributed by atoms with van der Waals surface area (Å²) in [6, 6.07) is 3.82. The van der Waals surface area contributed by atoms with Crippen LogP contribution >= 0.6 is 11.8 Å². The largest absolute Gasteiger partial charge is 0.465 e. The predicted molar refractivity (Wildman–Crippen MR) is 101 cm³/mol. The van der Waals surface area contributed by atoms with E-state index in [4.69, 9.17) is 4.74 Å². The van der Waals surface area contributed by atoms with E-state index >= 15 is 0 Å². The summed E-state index contributed by atoms with van der Waals surface area (Å²) in [5.74, 6) is 0.469. The van der Waals surface area contributed by atoms with Crippen molar-refractivity contribution in [3.8, 4) is 0 Å². The van der Waals surface area contributed by atoms with Crippen molar-refractivity contribution >= 4 is 23.6 Å². The van der Waals surface area contributed by atoms with Crippen molar-refractivity contribution in [1.29, 1.82) is 0 Å². The molecule has 0 spiro atoms.